The quantitative estimate of drug-likeness (QED) is 0.264. The van der Waals surface area contributed by atoms with Crippen LogP contribution in [0.25, 0.3) is 0 Å². The second kappa shape index (κ2) is 11.4. The average Bonchev–Trinajstić information content (AvgIpc) is 2.58. The lowest BCUT2D eigenvalue weighted by atomic mass is 10.0. The van der Waals surface area contributed by atoms with E-state index in [0.29, 0.717) is 24.8 Å². The highest BCUT2D eigenvalue weighted by molar-refractivity contribution is 8.15. The fourth-order valence-corrected chi connectivity index (χ4v) is 7.33. The average molecular weight is 435 g/mol. The summed E-state index contributed by atoms with van der Waals surface area (Å²) >= 11 is 7.03. The van der Waals surface area contributed by atoms with Crippen molar-refractivity contribution in [1.82, 2.24) is 4.08 Å². The molecule has 9 heteroatoms. The summed E-state index contributed by atoms with van der Waals surface area (Å²) in [6.45, 7) is 10.1. The van der Waals surface area contributed by atoms with E-state index < -0.39 is 12.7 Å². The lowest BCUT2D eigenvalue weighted by molar-refractivity contribution is 0.203. The summed E-state index contributed by atoms with van der Waals surface area (Å²) in [5, 5.41) is 9.73. The van der Waals surface area contributed by atoms with Crippen LogP contribution >= 0.6 is 18.6 Å². The van der Waals surface area contributed by atoms with E-state index in [1.807, 2.05) is 50.0 Å². The molecule has 1 aromatic rings. The molecule has 154 valence electrons. The summed E-state index contributed by atoms with van der Waals surface area (Å²) < 4.78 is 13.5. The highest BCUT2D eigenvalue weighted by Crippen LogP contribution is 2.57. The third-order valence-corrected chi connectivity index (χ3v) is 9.30. The molecule has 0 saturated heterocycles. The van der Waals surface area contributed by atoms with Gasteiger partial charge in [0.25, 0.3) is 6.64 Å². The van der Waals surface area contributed by atoms with Gasteiger partial charge in [-0.2, -0.15) is 4.08 Å². The van der Waals surface area contributed by atoms with Crippen LogP contribution in [0.2, 0.25) is 0 Å². The predicted octanol–water partition coefficient (Wildman–Crippen LogP) is 5.91. The van der Waals surface area contributed by atoms with Gasteiger partial charge in [0.05, 0.1) is 19.1 Å². The Kier molecular flexibility index (Phi) is 10.3. The van der Waals surface area contributed by atoms with Crippen LogP contribution in [0.4, 0.5) is 10.5 Å². The van der Waals surface area contributed by atoms with Crippen LogP contribution in [-0.2, 0) is 20.9 Å². The lowest BCUT2D eigenvalue weighted by Gasteiger charge is -2.35. The molecule has 0 radical (unpaired) electrons. The Morgan fingerprint density at radius 1 is 1.22 bits per heavy atom. The molecule has 0 fully saturated rings. The number of carbonyl (C=O) groups is 1. The minimum absolute atomic E-state index is 0.0385. The molecule has 1 rings (SSSR count). The van der Waals surface area contributed by atoms with Crippen molar-refractivity contribution in [3.8, 4) is 0 Å². The van der Waals surface area contributed by atoms with Crippen molar-refractivity contribution in [3.05, 3.63) is 29.8 Å². The van der Waals surface area contributed by atoms with Gasteiger partial charge in [0.2, 0.25) is 0 Å². The zero-order chi connectivity index (χ0) is 20.6. The van der Waals surface area contributed by atoms with Gasteiger partial charge in [-0.25, -0.2) is 4.79 Å². The number of carboxylic acid groups (broad SMARTS) is 1. The first-order valence-electron chi connectivity index (χ1n) is 9.08. The largest absolute Gasteiger partial charge is 0.465 e. The number of benzene rings is 1. The minimum atomic E-state index is -2.68. The van der Waals surface area contributed by atoms with Gasteiger partial charge in [-0.15, -0.1) is 0 Å². The van der Waals surface area contributed by atoms with Gasteiger partial charge in [0.15, 0.2) is 0 Å². The molecule has 0 atom stereocenters. The molecular formula is C18H31N2O4PS2. The fourth-order valence-electron chi connectivity index (χ4n) is 2.39. The molecule has 0 aliphatic carbocycles. The zero-order valence-electron chi connectivity index (χ0n) is 16.9. The highest BCUT2D eigenvalue weighted by Gasteiger charge is 2.32. The van der Waals surface area contributed by atoms with Crippen LogP contribution in [0.5, 0.6) is 0 Å². The first kappa shape index (κ1) is 24.4. The summed E-state index contributed by atoms with van der Waals surface area (Å²) in [5.41, 5.74) is 1.74. The van der Waals surface area contributed by atoms with Crippen molar-refractivity contribution < 1.29 is 18.9 Å². The fraction of sp³-hybridized carbons (Fsp3) is 0.611. The van der Waals surface area contributed by atoms with Crippen LogP contribution in [-0.4, -0.2) is 40.4 Å². The Balaban J connectivity index is 3.07. The standard InChI is InChI=1S/C18H31N2O4PS2/c1-7-23-25(26,24-8-2)20(15(5)6)27-13-19(18(21)22)17-11-9-10-16(12-17)14(3)4/h9-12,14-15H,7-8,13H2,1-6H3,(H,21,22). The normalized spacial score (nSPS) is 12.2. The molecule has 0 saturated carbocycles. The van der Waals surface area contributed by atoms with E-state index in [0.717, 1.165) is 5.56 Å². The number of anilines is 1. The minimum Gasteiger partial charge on any atom is -0.465 e. The number of nitrogens with zero attached hydrogens (tertiary/aromatic N) is 2. The van der Waals surface area contributed by atoms with E-state index in [2.05, 4.69) is 13.8 Å². The molecule has 0 spiro atoms. The first-order valence-corrected chi connectivity index (χ1v) is 12.6. The monoisotopic (exact) mass is 434 g/mol. The van der Waals surface area contributed by atoms with Crippen LogP contribution in [0, 0.1) is 0 Å². The van der Waals surface area contributed by atoms with Crippen molar-refractivity contribution in [1.29, 1.82) is 0 Å². The van der Waals surface area contributed by atoms with E-state index in [4.69, 9.17) is 20.9 Å². The summed E-state index contributed by atoms with van der Waals surface area (Å²) in [5.74, 6) is 0.524. The van der Waals surface area contributed by atoms with E-state index in [-0.39, 0.29) is 11.9 Å². The maximum atomic E-state index is 11.9. The molecule has 6 nitrogen and oxygen atoms in total. The lowest BCUT2D eigenvalue weighted by Crippen LogP contribution is -2.32. The van der Waals surface area contributed by atoms with Crippen LogP contribution in [0.15, 0.2) is 24.3 Å². The van der Waals surface area contributed by atoms with Crippen LogP contribution in [0.1, 0.15) is 53.0 Å². The molecule has 27 heavy (non-hydrogen) atoms. The maximum Gasteiger partial charge on any atom is 0.412 e. The van der Waals surface area contributed by atoms with Gasteiger partial charge in [0, 0.05) is 11.7 Å². The van der Waals surface area contributed by atoms with E-state index >= 15 is 0 Å². The van der Waals surface area contributed by atoms with Crippen LogP contribution < -0.4 is 4.90 Å². The van der Waals surface area contributed by atoms with Gasteiger partial charge in [0.1, 0.15) is 0 Å². The molecule has 0 heterocycles. The molecule has 0 aromatic heterocycles. The Morgan fingerprint density at radius 2 is 1.81 bits per heavy atom. The van der Waals surface area contributed by atoms with Crippen molar-refractivity contribution in [2.24, 2.45) is 0 Å². The summed E-state index contributed by atoms with van der Waals surface area (Å²) in [6.07, 6.45) is -1.01. The Bertz CT molecular complexity index is 648. The second-order valence-electron chi connectivity index (χ2n) is 6.42. The van der Waals surface area contributed by atoms with Crippen molar-refractivity contribution in [2.75, 3.05) is 24.0 Å². The number of rotatable bonds is 11. The summed E-state index contributed by atoms with van der Waals surface area (Å²) in [6, 6.07) is 7.65. The Morgan fingerprint density at radius 3 is 2.26 bits per heavy atom. The molecule has 0 aliphatic rings. The molecule has 0 bridgehead atoms. The SMILES string of the molecule is CCOP(=S)(OCC)N(SCN(C(=O)O)c1cccc(C(C)C)c1)C(C)C. The van der Waals surface area contributed by atoms with E-state index in [9.17, 15) is 9.90 Å². The summed E-state index contributed by atoms with van der Waals surface area (Å²) in [7, 11) is 0. The number of hydrogen-bond donors (Lipinski definition) is 1. The predicted molar refractivity (Wildman–Crippen MR) is 118 cm³/mol. The molecule has 0 unspecified atom stereocenters. The summed E-state index contributed by atoms with van der Waals surface area (Å²) in [4.78, 5) is 13.2. The van der Waals surface area contributed by atoms with Crippen molar-refractivity contribution in [2.45, 2.75) is 53.5 Å². The smallest absolute Gasteiger partial charge is 0.412 e. The molecular weight excluding hydrogens is 403 g/mol. The second-order valence-corrected chi connectivity index (χ2v) is 10.9. The first-order chi connectivity index (χ1) is 12.7. The molecule has 1 aromatic carbocycles. The Labute approximate surface area is 172 Å². The molecule has 0 aliphatic heterocycles. The topological polar surface area (TPSA) is 62.2 Å². The molecule has 1 amide bonds. The van der Waals surface area contributed by atoms with Gasteiger partial charge in [-0.05, 0) is 75.1 Å². The van der Waals surface area contributed by atoms with Gasteiger partial charge in [-0.1, -0.05) is 26.0 Å². The van der Waals surface area contributed by atoms with Gasteiger partial charge >= 0.3 is 6.09 Å². The van der Waals surface area contributed by atoms with Crippen LogP contribution in [0.3, 0.4) is 0 Å². The van der Waals surface area contributed by atoms with E-state index in [1.165, 1.54) is 16.8 Å². The highest BCUT2D eigenvalue weighted by atomic mass is 32.5. The van der Waals surface area contributed by atoms with Gasteiger partial charge < -0.3 is 14.2 Å². The third kappa shape index (κ3) is 7.04. The molecule has 1 N–H and O–H groups in total. The third-order valence-electron chi connectivity index (χ3n) is 3.67. The van der Waals surface area contributed by atoms with E-state index in [1.54, 1.807) is 6.07 Å². The number of hydrogen-bond acceptors (Lipinski definition) is 5. The Hall–Kier alpha value is -0.630. The maximum absolute atomic E-state index is 11.9. The van der Waals surface area contributed by atoms with Gasteiger partial charge in [-0.3, -0.25) is 4.90 Å². The zero-order valence-corrected chi connectivity index (χ0v) is 19.4. The number of amides is 1. The van der Waals surface area contributed by atoms with Crippen molar-refractivity contribution >= 4 is 42.2 Å². The van der Waals surface area contributed by atoms with Crippen molar-refractivity contribution in [3.63, 3.8) is 0 Å².